The number of rotatable bonds is 4. The van der Waals surface area contributed by atoms with Crippen LogP contribution in [0.1, 0.15) is 53.9 Å². The smallest absolute Gasteiger partial charge is 0.269 e. The van der Waals surface area contributed by atoms with Gasteiger partial charge in [-0.3, -0.25) is 19.7 Å². The molecule has 1 unspecified atom stereocenters. The zero-order valence-electron chi connectivity index (χ0n) is 18.5. The van der Waals surface area contributed by atoms with E-state index in [1.165, 1.54) is 12.1 Å². The zero-order valence-corrected chi connectivity index (χ0v) is 18.5. The number of hydrogen-bond donors (Lipinski definition) is 1. The van der Waals surface area contributed by atoms with Crippen LogP contribution in [0.15, 0.2) is 54.6 Å². The van der Waals surface area contributed by atoms with Crippen LogP contribution in [0.25, 0.3) is 10.8 Å². The van der Waals surface area contributed by atoms with Crippen molar-refractivity contribution in [2.45, 2.75) is 45.8 Å². The lowest BCUT2D eigenvalue weighted by atomic mass is 10.0. The van der Waals surface area contributed by atoms with Crippen LogP contribution in [0.2, 0.25) is 0 Å². The Balaban J connectivity index is 1.76. The summed E-state index contributed by atoms with van der Waals surface area (Å²) in [6, 6.07) is 14.8. The largest absolute Gasteiger partial charge is 0.349 e. The fraction of sp³-hybridized carbons (Fsp3) is 0.280. The van der Waals surface area contributed by atoms with E-state index in [4.69, 9.17) is 0 Å². The lowest BCUT2D eigenvalue weighted by Crippen LogP contribution is -2.47. The van der Waals surface area contributed by atoms with Crippen molar-refractivity contribution in [1.29, 1.82) is 0 Å². The summed E-state index contributed by atoms with van der Waals surface area (Å²) in [5.74, 6) is -0.553. The third-order valence-electron chi connectivity index (χ3n) is 5.53. The number of fused-ring (bicyclic) bond motifs is 2. The maximum Gasteiger partial charge on any atom is 0.269 e. The molecule has 0 saturated heterocycles. The first-order valence-corrected chi connectivity index (χ1v) is 10.4. The van der Waals surface area contributed by atoms with E-state index in [1.54, 1.807) is 17.0 Å². The Labute approximate surface area is 186 Å². The van der Waals surface area contributed by atoms with Gasteiger partial charge in [-0.05, 0) is 73.9 Å². The number of benzene rings is 3. The van der Waals surface area contributed by atoms with Crippen LogP contribution in [0.3, 0.4) is 0 Å². The molecule has 3 aromatic carbocycles. The highest BCUT2D eigenvalue weighted by Crippen LogP contribution is 2.35. The van der Waals surface area contributed by atoms with E-state index < -0.39 is 16.5 Å². The normalized spacial score (nSPS) is 14.4. The molecule has 0 saturated carbocycles. The van der Waals surface area contributed by atoms with Gasteiger partial charge in [-0.15, -0.1) is 0 Å². The van der Waals surface area contributed by atoms with E-state index in [9.17, 15) is 19.7 Å². The maximum atomic E-state index is 13.4. The van der Waals surface area contributed by atoms with Gasteiger partial charge in [0.2, 0.25) is 5.91 Å². The standard InChI is InChI=1S/C25H25N3O4/c1-15-5-6-17-13-21-19(12-18(17)11-15)14-27(24(21)30)22(23(29)26-25(2,3)4)16-7-9-20(10-8-16)28(31)32/h5-13,22H,14H2,1-4H3,(H,26,29). The third-order valence-corrected chi connectivity index (χ3v) is 5.53. The minimum Gasteiger partial charge on any atom is -0.349 e. The first-order valence-electron chi connectivity index (χ1n) is 10.4. The predicted octanol–water partition coefficient (Wildman–Crippen LogP) is 4.67. The number of nitro benzene ring substituents is 1. The second-order valence-electron chi connectivity index (χ2n) is 9.28. The predicted molar refractivity (Wildman–Crippen MR) is 122 cm³/mol. The topological polar surface area (TPSA) is 92.6 Å². The highest BCUT2D eigenvalue weighted by Gasteiger charge is 2.38. The second kappa shape index (κ2) is 7.75. The molecule has 0 fully saturated rings. The molecule has 164 valence electrons. The van der Waals surface area contributed by atoms with Crippen LogP contribution in [0.5, 0.6) is 0 Å². The van der Waals surface area contributed by atoms with Gasteiger partial charge in [0.05, 0.1) is 4.92 Å². The Kier molecular flexibility index (Phi) is 5.20. The van der Waals surface area contributed by atoms with E-state index >= 15 is 0 Å². The molecule has 32 heavy (non-hydrogen) atoms. The summed E-state index contributed by atoms with van der Waals surface area (Å²) < 4.78 is 0. The zero-order chi connectivity index (χ0) is 23.2. The van der Waals surface area contributed by atoms with Gasteiger partial charge in [-0.2, -0.15) is 0 Å². The van der Waals surface area contributed by atoms with Crippen molar-refractivity contribution in [3.05, 3.63) is 87.0 Å². The lowest BCUT2D eigenvalue weighted by molar-refractivity contribution is -0.384. The van der Waals surface area contributed by atoms with Crippen molar-refractivity contribution in [1.82, 2.24) is 10.2 Å². The van der Waals surface area contributed by atoms with Crippen molar-refractivity contribution >= 4 is 28.3 Å². The van der Waals surface area contributed by atoms with Crippen molar-refractivity contribution in [3.8, 4) is 0 Å². The molecule has 0 bridgehead atoms. The number of nitro groups is 1. The van der Waals surface area contributed by atoms with Crippen LogP contribution < -0.4 is 5.32 Å². The number of nitrogens with zero attached hydrogens (tertiary/aromatic N) is 2. The minimum absolute atomic E-state index is 0.0682. The number of hydrogen-bond acceptors (Lipinski definition) is 4. The summed E-state index contributed by atoms with van der Waals surface area (Å²) in [6.07, 6.45) is 0. The maximum absolute atomic E-state index is 13.4. The van der Waals surface area contributed by atoms with Crippen LogP contribution >= 0.6 is 0 Å². The summed E-state index contributed by atoms with van der Waals surface area (Å²) in [7, 11) is 0. The number of carbonyl (C=O) groups excluding carboxylic acids is 2. The second-order valence-corrected chi connectivity index (χ2v) is 9.28. The molecule has 1 atom stereocenters. The molecule has 7 nitrogen and oxygen atoms in total. The summed E-state index contributed by atoms with van der Waals surface area (Å²) in [6.45, 7) is 7.91. The SMILES string of the molecule is Cc1ccc2cc3c(cc2c1)CN(C(C(=O)NC(C)(C)C)c1ccc([N+](=O)[O-])cc1)C3=O. The Morgan fingerprint density at radius 1 is 1.06 bits per heavy atom. The van der Waals surface area contributed by atoms with Gasteiger partial charge >= 0.3 is 0 Å². The third kappa shape index (κ3) is 4.06. The molecule has 2 amide bonds. The molecule has 4 rings (SSSR count). The first-order chi connectivity index (χ1) is 15.0. The van der Waals surface area contributed by atoms with Gasteiger partial charge in [0.15, 0.2) is 0 Å². The van der Waals surface area contributed by atoms with E-state index in [-0.39, 0.29) is 24.0 Å². The van der Waals surface area contributed by atoms with Crippen molar-refractivity contribution in [3.63, 3.8) is 0 Å². The highest BCUT2D eigenvalue weighted by molar-refractivity contribution is 6.04. The monoisotopic (exact) mass is 431 g/mol. The van der Waals surface area contributed by atoms with Gasteiger partial charge in [0.25, 0.3) is 11.6 Å². The average Bonchev–Trinajstić information content (AvgIpc) is 3.01. The van der Waals surface area contributed by atoms with Gasteiger partial charge in [0, 0.05) is 29.8 Å². The fourth-order valence-electron chi connectivity index (χ4n) is 4.10. The number of carbonyl (C=O) groups is 2. The number of aryl methyl sites for hydroxylation is 1. The highest BCUT2D eigenvalue weighted by atomic mass is 16.6. The molecule has 1 aliphatic heterocycles. The average molecular weight is 431 g/mol. The molecule has 0 aromatic heterocycles. The van der Waals surface area contributed by atoms with Gasteiger partial charge in [-0.25, -0.2) is 0 Å². The quantitative estimate of drug-likeness (QED) is 0.480. The van der Waals surface area contributed by atoms with Crippen LogP contribution in [0, 0.1) is 17.0 Å². The van der Waals surface area contributed by atoms with Gasteiger partial charge in [0.1, 0.15) is 6.04 Å². The molecule has 7 heteroatoms. The molecule has 1 N–H and O–H groups in total. The van der Waals surface area contributed by atoms with Crippen molar-refractivity contribution in [2.24, 2.45) is 0 Å². The number of nitrogens with one attached hydrogen (secondary N) is 1. The molecule has 0 aliphatic carbocycles. The number of amides is 2. The molecule has 0 radical (unpaired) electrons. The van der Waals surface area contributed by atoms with E-state index in [0.717, 1.165) is 21.9 Å². The molecule has 0 spiro atoms. The summed E-state index contributed by atoms with van der Waals surface area (Å²) in [5.41, 5.74) is 2.53. The summed E-state index contributed by atoms with van der Waals surface area (Å²) in [4.78, 5) is 38.8. The fourth-order valence-corrected chi connectivity index (χ4v) is 4.10. The van der Waals surface area contributed by atoms with E-state index in [1.807, 2.05) is 52.0 Å². The van der Waals surface area contributed by atoms with Crippen molar-refractivity contribution < 1.29 is 14.5 Å². The van der Waals surface area contributed by atoms with Gasteiger partial charge < -0.3 is 10.2 Å². The van der Waals surface area contributed by atoms with Crippen molar-refractivity contribution in [2.75, 3.05) is 0 Å². The Morgan fingerprint density at radius 3 is 2.38 bits per heavy atom. The van der Waals surface area contributed by atoms with E-state index in [0.29, 0.717) is 11.1 Å². The minimum atomic E-state index is -0.903. The molecular formula is C25H25N3O4. The Bertz CT molecular complexity index is 1240. The first kappa shape index (κ1) is 21.5. The van der Waals surface area contributed by atoms with E-state index in [2.05, 4.69) is 11.4 Å². The Hall–Kier alpha value is -3.74. The van der Waals surface area contributed by atoms with Crippen LogP contribution in [-0.4, -0.2) is 27.2 Å². The Morgan fingerprint density at radius 2 is 1.75 bits per heavy atom. The molecule has 1 aliphatic rings. The molecule has 3 aromatic rings. The summed E-state index contributed by atoms with van der Waals surface area (Å²) >= 11 is 0. The van der Waals surface area contributed by atoms with Crippen LogP contribution in [-0.2, 0) is 11.3 Å². The lowest BCUT2D eigenvalue weighted by Gasteiger charge is -2.30. The molecule has 1 heterocycles. The van der Waals surface area contributed by atoms with Crippen LogP contribution in [0.4, 0.5) is 5.69 Å². The summed E-state index contributed by atoms with van der Waals surface area (Å²) in [5, 5.41) is 16.0. The van der Waals surface area contributed by atoms with Gasteiger partial charge in [-0.1, -0.05) is 23.8 Å². The molecular weight excluding hydrogens is 406 g/mol. The number of non-ortho nitro benzene ring substituents is 1.